The topological polar surface area (TPSA) is 43.9 Å². The fourth-order valence-electron chi connectivity index (χ4n) is 3.85. The summed E-state index contributed by atoms with van der Waals surface area (Å²) < 4.78 is 0. The summed E-state index contributed by atoms with van der Waals surface area (Å²) in [6, 6.07) is -0.242. The van der Waals surface area contributed by atoms with Crippen molar-refractivity contribution < 1.29 is 9.59 Å². The minimum absolute atomic E-state index is 0.0575. The number of thioether (sulfide) groups is 1. The van der Waals surface area contributed by atoms with E-state index >= 15 is 0 Å². The molecule has 0 aromatic rings. The van der Waals surface area contributed by atoms with Gasteiger partial charge in [0.1, 0.15) is 6.04 Å². The highest BCUT2D eigenvalue weighted by Crippen LogP contribution is 2.46. The Morgan fingerprint density at radius 1 is 1.10 bits per heavy atom. The SMILES string of the molecule is CC(=O)N1C(C(=O)N2CCCC2)CSC12CCN(C)CC2. The molecule has 0 aromatic heterocycles. The molecule has 5 nitrogen and oxygen atoms in total. The lowest BCUT2D eigenvalue weighted by Gasteiger charge is -2.44. The molecule has 1 spiro atoms. The van der Waals surface area contributed by atoms with E-state index < -0.39 is 0 Å². The zero-order valence-electron chi connectivity index (χ0n) is 13.0. The fraction of sp³-hybridized carbons (Fsp3) is 0.867. The monoisotopic (exact) mass is 311 g/mol. The molecule has 6 heteroatoms. The molecule has 1 atom stereocenters. The van der Waals surface area contributed by atoms with E-state index in [0.29, 0.717) is 0 Å². The molecule has 0 aliphatic carbocycles. The van der Waals surface area contributed by atoms with E-state index in [-0.39, 0.29) is 22.7 Å². The van der Waals surface area contributed by atoms with E-state index in [1.54, 1.807) is 6.92 Å². The van der Waals surface area contributed by atoms with Crippen LogP contribution in [0.4, 0.5) is 0 Å². The van der Waals surface area contributed by atoms with Crippen molar-refractivity contribution in [3.63, 3.8) is 0 Å². The molecule has 1 unspecified atom stereocenters. The van der Waals surface area contributed by atoms with Crippen LogP contribution < -0.4 is 0 Å². The van der Waals surface area contributed by atoms with Gasteiger partial charge in [0, 0.05) is 38.9 Å². The Hall–Kier alpha value is -0.750. The van der Waals surface area contributed by atoms with Crippen molar-refractivity contribution in [3.05, 3.63) is 0 Å². The second-order valence-electron chi connectivity index (χ2n) is 6.50. The summed E-state index contributed by atoms with van der Waals surface area (Å²) in [4.78, 5) is 31.1. The molecule has 3 rings (SSSR count). The lowest BCUT2D eigenvalue weighted by atomic mass is 10.0. The lowest BCUT2D eigenvalue weighted by Crippen LogP contribution is -2.57. The van der Waals surface area contributed by atoms with Gasteiger partial charge in [-0.05, 0) is 32.7 Å². The third-order valence-electron chi connectivity index (χ3n) is 5.07. The quantitative estimate of drug-likeness (QED) is 0.724. The molecule has 2 amide bonds. The van der Waals surface area contributed by atoms with E-state index in [4.69, 9.17) is 0 Å². The first-order valence-electron chi connectivity index (χ1n) is 7.95. The van der Waals surface area contributed by atoms with Gasteiger partial charge in [-0.15, -0.1) is 11.8 Å². The lowest BCUT2D eigenvalue weighted by molar-refractivity contribution is -0.146. The summed E-state index contributed by atoms with van der Waals surface area (Å²) in [5.41, 5.74) is 0. The Bertz CT molecular complexity index is 429. The van der Waals surface area contributed by atoms with Gasteiger partial charge >= 0.3 is 0 Å². The zero-order valence-corrected chi connectivity index (χ0v) is 13.8. The standard InChI is InChI=1S/C15H25N3O2S/c1-12(19)18-13(14(20)17-7-3-4-8-17)11-21-15(18)5-9-16(2)10-6-15/h13H,3-11H2,1-2H3. The van der Waals surface area contributed by atoms with Crippen molar-refractivity contribution in [1.29, 1.82) is 0 Å². The molecule has 0 aromatic carbocycles. The third kappa shape index (κ3) is 2.68. The number of hydrogen-bond acceptors (Lipinski definition) is 4. The maximum atomic E-state index is 12.8. The first kappa shape index (κ1) is 15.2. The number of nitrogens with zero attached hydrogens (tertiary/aromatic N) is 3. The Kier molecular flexibility index (Phi) is 4.19. The van der Waals surface area contributed by atoms with Gasteiger partial charge in [0.05, 0.1) is 4.87 Å². The number of carbonyl (C=O) groups is 2. The number of piperidine rings is 1. The van der Waals surface area contributed by atoms with Gasteiger partial charge < -0.3 is 14.7 Å². The minimum atomic E-state index is -0.242. The molecule has 118 valence electrons. The highest BCUT2D eigenvalue weighted by Gasteiger charge is 2.52. The van der Waals surface area contributed by atoms with Crippen LogP contribution in [0, 0.1) is 0 Å². The highest BCUT2D eigenvalue weighted by atomic mass is 32.2. The summed E-state index contributed by atoms with van der Waals surface area (Å²) in [6.07, 6.45) is 4.14. The number of likely N-dealkylation sites (tertiary alicyclic amines) is 2. The van der Waals surface area contributed by atoms with Crippen LogP contribution in [0.5, 0.6) is 0 Å². The van der Waals surface area contributed by atoms with Gasteiger partial charge in [-0.25, -0.2) is 0 Å². The van der Waals surface area contributed by atoms with Crippen molar-refractivity contribution in [2.45, 2.75) is 43.5 Å². The van der Waals surface area contributed by atoms with Gasteiger partial charge in [-0.1, -0.05) is 0 Å². The van der Waals surface area contributed by atoms with Crippen LogP contribution in [0.15, 0.2) is 0 Å². The predicted molar refractivity (Wildman–Crippen MR) is 84.0 cm³/mol. The Labute approximate surface area is 131 Å². The normalized spacial score (nSPS) is 29.3. The Morgan fingerprint density at radius 2 is 1.71 bits per heavy atom. The second kappa shape index (κ2) is 5.80. The summed E-state index contributed by atoms with van der Waals surface area (Å²) in [5.74, 6) is 0.992. The smallest absolute Gasteiger partial charge is 0.246 e. The Morgan fingerprint density at radius 3 is 2.29 bits per heavy atom. The predicted octanol–water partition coefficient (Wildman–Crippen LogP) is 0.995. The molecule has 21 heavy (non-hydrogen) atoms. The first-order valence-corrected chi connectivity index (χ1v) is 8.93. The number of carbonyl (C=O) groups excluding carboxylic acids is 2. The van der Waals surface area contributed by atoms with E-state index in [1.807, 2.05) is 21.6 Å². The van der Waals surface area contributed by atoms with Crippen LogP contribution in [0.2, 0.25) is 0 Å². The molecule has 3 aliphatic rings. The number of hydrogen-bond donors (Lipinski definition) is 0. The molecule has 3 heterocycles. The van der Waals surface area contributed by atoms with Gasteiger partial charge in [0.25, 0.3) is 0 Å². The van der Waals surface area contributed by atoms with Crippen molar-refractivity contribution >= 4 is 23.6 Å². The van der Waals surface area contributed by atoms with Crippen LogP contribution in [0.25, 0.3) is 0 Å². The summed E-state index contributed by atoms with van der Waals surface area (Å²) in [6.45, 7) is 5.35. The van der Waals surface area contributed by atoms with Gasteiger partial charge in [0.2, 0.25) is 11.8 Å². The van der Waals surface area contributed by atoms with Crippen molar-refractivity contribution in [3.8, 4) is 0 Å². The zero-order chi connectivity index (χ0) is 15.0. The maximum Gasteiger partial charge on any atom is 0.246 e. The Balaban J connectivity index is 1.79. The molecular weight excluding hydrogens is 286 g/mol. The van der Waals surface area contributed by atoms with Gasteiger partial charge in [-0.3, -0.25) is 9.59 Å². The largest absolute Gasteiger partial charge is 0.341 e. The van der Waals surface area contributed by atoms with Gasteiger partial charge in [-0.2, -0.15) is 0 Å². The van der Waals surface area contributed by atoms with E-state index in [1.165, 1.54) is 0 Å². The van der Waals surface area contributed by atoms with Gasteiger partial charge in [0.15, 0.2) is 0 Å². The molecule has 3 saturated heterocycles. The molecule has 0 bridgehead atoms. The summed E-state index contributed by atoms with van der Waals surface area (Å²) in [7, 11) is 2.12. The summed E-state index contributed by atoms with van der Waals surface area (Å²) in [5, 5.41) is 0. The van der Waals surface area contributed by atoms with E-state index in [9.17, 15) is 9.59 Å². The van der Waals surface area contributed by atoms with Crippen LogP contribution in [-0.2, 0) is 9.59 Å². The molecule has 0 radical (unpaired) electrons. The van der Waals surface area contributed by atoms with Crippen LogP contribution in [0.1, 0.15) is 32.6 Å². The maximum absolute atomic E-state index is 12.8. The highest BCUT2D eigenvalue weighted by molar-refractivity contribution is 8.01. The second-order valence-corrected chi connectivity index (χ2v) is 7.88. The molecular formula is C15H25N3O2S. The van der Waals surface area contributed by atoms with E-state index in [0.717, 1.165) is 57.6 Å². The van der Waals surface area contributed by atoms with Crippen molar-refractivity contribution in [2.24, 2.45) is 0 Å². The average Bonchev–Trinajstić information content (AvgIpc) is 3.10. The average molecular weight is 311 g/mol. The number of amides is 2. The first-order chi connectivity index (χ1) is 10.0. The molecule has 0 N–H and O–H groups in total. The molecule has 3 aliphatic heterocycles. The molecule has 3 fully saturated rings. The fourth-order valence-corrected chi connectivity index (χ4v) is 5.48. The minimum Gasteiger partial charge on any atom is -0.341 e. The van der Waals surface area contributed by atoms with Crippen LogP contribution in [0.3, 0.4) is 0 Å². The third-order valence-corrected chi connectivity index (χ3v) is 6.70. The number of rotatable bonds is 1. The van der Waals surface area contributed by atoms with Crippen LogP contribution in [-0.4, -0.2) is 76.4 Å². The van der Waals surface area contributed by atoms with Crippen LogP contribution >= 0.6 is 11.8 Å². The van der Waals surface area contributed by atoms with Crippen molar-refractivity contribution in [1.82, 2.24) is 14.7 Å². The summed E-state index contributed by atoms with van der Waals surface area (Å²) >= 11 is 1.83. The molecule has 0 saturated carbocycles. The van der Waals surface area contributed by atoms with E-state index in [2.05, 4.69) is 11.9 Å². The van der Waals surface area contributed by atoms with Crippen molar-refractivity contribution in [2.75, 3.05) is 39.0 Å².